The fourth-order valence-corrected chi connectivity index (χ4v) is 2.21. The van der Waals surface area contributed by atoms with E-state index in [0.717, 1.165) is 18.5 Å². The van der Waals surface area contributed by atoms with Crippen LogP contribution in [0.25, 0.3) is 0 Å². The van der Waals surface area contributed by atoms with Crippen molar-refractivity contribution in [2.45, 2.75) is 32.2 Å². The molecule has 1 aromatic carbocycles. The normalized spacial score (nSPS) is 26.5. The van der Waals surface area contributed by atoms with Gasteiger partial charge in [-0.25, -0.2) is 4.39 Å². The molecule has 0 amide bonds. The molecule has 0 bridgehead atoms. The van der Waals surface area contributed by atoms with Crippen molar-refractivity contribution in [3.63, 3.8) is 0 Å². The lowest BCUT2D eigenvalue weighted by molar-refractivity contribution is 0.320. The summed E-state index contributed by atoms with van der Waals surface area (Å²) >= 11 is 0. The Kier molecular flexibility index (Phi) is 3.37. The Balaban J connectivity index is 1.95. The molecule has 15 heavy (non-hydrogen) atoms. The number of nitrogens with one attached hydrogen (secondary N) is 1. The first-order valence-electron chi connectivity index (χ1n) is 5.72. The summed E-state index contributed by atoms with van der Waals surface area (Å²) < 4.78 is 13.4. The van der Waals surface area contributed by atoms with Crippen molar-refractivity contribution in [3.05, 3.63) is 35.6 Å². The van der Waals surface area contributed by atoms with E-state index < -0.39 is 0 Å². The third-order valence-electron chi connectivity index (χ3n) is 3.23. The van der Waals surface area contributed by atoms with Gasteiger partial charge in [0, 0.05) is 6.04 Å². The van der Waals surface area contributed by atoms with Gasteiger partial charge in [-0.2, -0.15) is 0 Å². The van der Waals surface area contributed by atoms with E-state index >= 15 is 0 Å². The fraction of sp³-hybridized carbons (Fsp3) is 0.538. The Morgan fingerprint density at radius 2 is 2.13 bits per heavy atom. The quantitative estimate of drug-likeness (QED) is 0.786. The van der Waals surface area contributed by atoms with Crippen LogP contribution < -0.4 is 5.32 Å². The molecule has 0 aliphatic carbocycles. The zero-order valence-corrected chi connectivity index (χ0v) is 9.17. The molecule has 1 aromatic rings. The van der Waals surface area contributed by atoms with E-state index in [4.69, 9.17) is 0 Å². The maximum absolute atomic E-state index is 13.4. The van der Waals surface area contributed by atoms with E-state index in [0.29, 0.717) is 12.0 Å². The number of hydrogen-bond acceptors (Lipinski definition) is 1. The Morgan fingerprint density at radius 1 is 1.33 bits per heavy atom. The van der Waals surface area contributed by atoms with Crippen LogP contribution in [0.5, 0.6) is 0 Å². The van der Waals surface area contributed by atoms with Crippen molar-refractivity contribution in [2.75, 3.05) is 6.54 Å². The molecular weight excluding hydrogens is 189 g/mol. The summed E-state index contributed by atoms with van der Waals surface area (Å²) in [6.07, 6.45) is 3.29. The lowest BCUT2D eigenvalue weighted by atomic mass is 9.90. The minimum absolute atomic E-state index is 0.0591. The first-order chi connectivity index (χ1) is 7.25. The highest BCUT2D eigenvalue weighted by molar-refractivity contribution is 5.18. The van der Waals surface area contributed by atoms with Gasteiger partial charge in [0.25, 0.3) is 0 Å². The van der Waals surface area contributed by atoms with Crippen LogP contribution in [-0.4, -0.2) is 12.6 Å². The van der Waals surface area contributed by atoms with E-state index in [9.17, 15) is 4.39 Å². The zero-order chi connectivity index (χ0) is 10.7. The minimum atomic E-state index is -0.0591. The summed E-state index contributed by atoms with van der Waals surface area (Å²) in [6.45, 7) is 3.23. The molecule has 0 radical (unpaired) electrons. The molecule has 1 saturated heterocycles. The average molecular weight is 207 g/mol. The van der Waals surface area contributed by atoms with Crippen molar-refractivity contribution < 1.29 is 4.39 Å². The van der Waals surface area contributed by atoms with Gasteiger partial charge in [-0.15, -0.1) is 0 Å². The highest BCUT2D eigenvalue weighted by Gasteiger charge is 2.18. The Hall–Kier alpha value is -0.890. The van der Waals surface area contributed by atoms with Crippen molar-refractivity contribution in [1.29, 1.82) is 0 Å². The summed E-state index contributed by atoms with van der Waals surface area (Å²) in [7, 11) is 0. The monoisotopic (exact) mass is 207 g/mol. The highest BCUT2D eigenvalue weighted by atomic mass is 19.1. The zero-order valence-electron chi connectivity index (χ0n) is 9.17. The fourth-order valence-electron chi connectivity index (χ4n) is 2.21. The smallest absolute Gasteiger partial charge is 0.126 e. The summed E-state index contributed by atoms with van der Waals surface area (Å²) in [6, 6.07) is 7.74. The van der Waals surface area contributed by atoms with Crippen molar-refractivity contribution in [1.82, 2.24) is 5.32 Å². The van der Waals surface area contributed by atoms with Gasteiger partial charge in [0.05, 0.1) is 0 Å². The summed E-state index contributed by atoms with van der Waals surface area (Å²) in [5.74, 6) is 0.536. The van der Waals surface area contributed by atoms with Gasteiger partial charge in [-0.05, 0) is 50.3 Å². The van der Waals surface area contributed by atoms with Gasteiger partial charge in [0.1, 0.15) is 5.82 Å². The van der Waals surface area contributed by atoms with Crippen LogP contribution >= 0.6 is 0 Å². The van der Waals surface area contributed by atoms with Gasteiger partial charge in [0.2, 0.25) is 0 Å². The number of rotatable bonds is 2. The molecule has 0 aromatic heterocycles. The molecule has 82 valence electrons. The van der Waals surface area contributed by atoms with Crippen molar-refractivity contribution >= 4 is 0 Å². The van der Waals surface area contributed by atoms with Crippen molar-refractivity contribution in [2.24, 2.45) is 5.92 Å². The van der Waals surface area contributed by atoms with E-state index in [1.165, 1.54) is 12.8 Å². The Bertz CT molecular complexity index is 316. The first-order valence-corrected chi connectivity index (χ1v) is 5.72. The van der Waals surface area contributed by atoms with E-state index in [-0.39, 0.29) is 5.82 Å². The van der Waals surface area contributed by atoms with Gasteiger partial charge < -0.3 is 5.32 Å². The maximum atomic E-state index is 13.4. The molecule has 1 N–H and O–H groups in total. The number of hydrogen-bond donors (Lipinski definition) is 1. The SMILES string of the molecule is CC1CCC(Cc2ccccc2F)CN1. The maximum Gasteiger partial charge on any atom is 0.126 e. The van der Waals surface area contributed by atoms with E-state index in [1.54, 1.807) is 12.1 Å². The lowest BCUT2D eigenvalue weighted by Gasteiger charge is -2.27. The Morgan fingerprint density at radius 3 is 2.80 bits per heavy atom. The van der Waals surface area contributed by atoms with Crippen LogP contribution in [0.3, 0.4) is 0 Å². The molecule has 0 spiro atoms. The standard InChI is InChI=1S/C13H18FN/c1-10-6-7-11(9-15-10)8-12-4-2-3-5-13(12)14/h2-5,10-11,15H,6-9H2,1H3. The topological polar surface area (TPSA) is 12.0 Å². The third kappa shape index (κ3) is 2.78. The predicted molar refractivity (Wildman–Crippen MR) is 60.3 cm³/mol. The molecule has 1 aliphatic heterocycles. The number of benzene rings is 1. The largest absolute Gasteiger partial charge is 0.314 e. The second-order valence-corrected chi connectivity index (χ2v) is 4.55. The van der Waals surface area contributed by atoms with Crippen molar-refractivity contribution in [3.8, 4) is 0 Å². The molecule has 2 rings (SSSR count). The van der Waals surface area contributed by atoms with Crippen LogP contribution in [0.15, 0.2) is 24.3 Å². The Labute approximate surface area is 90.7 Å². The molecule has 1 heterocycles. The minimum Gasteiger partial charge on any atom is -0.314 e. The molecule has 2 unspecified atom stereocenters. The predicted octanol–water partition coefficient (Wildman–Crippen LogP) is 2.76. The lowest BCUT2D eigenvalue weighted by Crippen LogP contribution is -2.37. The van der Waals surface area contributed by atoms with Crippen LogP contribution in [0.1, 0.15) is 25.3 Å². The molecule has 0 saturated carbocycles. The molecule has 2 heteroatoms. The highest BCUT2D eigenvalue weighted by Crippen LogP contribution is 2.20. The third-order valence-corrected chi connectivity index (χ3v) is 3.23. The molecule has 1 nitrogen and oxygen atoms in total. The molecule has 1 aliphatic rings. The summed E-state index contributed by atoms with van der Waals surface area (Å²) in [5.41, 5.74) is 0.860. The molecule has 1 fully saturated rings. The second kappa shape index (κ2) is 4.75. The van der Waals surface area contributed by atoms with Gasteiger partial charge in [-0.3, -0.25) is 0 Å². The molecular formula is C13H18FN. The number of halogens is 1. The van der Waals surface area contributed by atoms with E-state index in [1.807, 2.05) is 12.1 Å². The average Bonchev–Trinajstić information content (AvgIpc) is 2.25. The number of piperidine rings is 1. The molecule has 2 atom stereocenters. The van der Waals surface area contributed by atoms with Gasteiger partial charge in [0.15, 0.2) is 0 Å². The van der Waals surface area contributed by atoms with Gasteiger partial charge in [-0.1, -0.05) is 18.2 Å². The summed E-state index contributed by atoms with van der Waals surface area (Å²) in [5, 5.41) is 3.45. The van der Waals surface area contributed by atoms with Crippen LogP contribution in [-0.2, 0) is 6.42 Å². The van der Waals surface area contributed by atoms with Crippen LogP contribution in [0.4, 0.5) is 4.39 Å². The van der Waals surface area contributed by atoms with Crippen LogP contribution in [0.2, 0.25) is 0 Å². The van der Waals surface area contributed by atoms with Gasteiger partial charge >= 0.3 is 0 Å². The summed E-state index contributed by atoms with van der Waals surface area (Å²) in [4.78, 5) is 0. The van der Waals surface area contributed by atoms with Crippen LogP contribution in [0, 0.1) is 11.7 Å². The first kappa shape index (κ1) is 10.6. The van der Waals surface area contributed by atoms with E-state index in [2.05, 4.69) is 12.2 Å². The second-order valence-electron chi connectivity index (χ2n) is 4.55.